The number of rotatable bonds is 7. The van der Waals surface area contributed by atoms with Gasteiger partial charge in [-0.05, 0) is 49.1 Å². The molecule has 3 heterocycles. The predicted octanol–water partition coefficient (Wildman–Crippen LogP) is 2.37. The van der Waals surface area contributed by atoms with E-state index in [1.807, 2.05) is 35.2 Å². The Balaban J connectivity index is 1.27. The fourth-order valence-electron chi connectivity index (χ4n) is 5.20. The van der Waals surface area contributed by atoms with Crippen LogP contribution in [0.25, 0.3) is 0 Å². The summed E-state index contributed by atoms with van der Waals surface area (Å²) < 4.78 is 16.2. The summed E-state index contributed by atoms with van der Waals surface area (Å²) in [6, 6.07) is 11.0. The largest absolute Gasteiger partial charge is 0.493 e. The van der Waals surface area contributed by atoms with Crippen molar-refractivity contribution in [3.63, 3.8) is 0 Å². The van der Waals surface area contributed by atoms with E-state index in [9.17, 15) is 14.4 Å². The molecular weight excluding hydrogens is 462 g/mol. The van der Waals surface area contributed by atoms with E-state index in [1.54, 1.807) is 20.3 Å². The molecule has 0 N–H and O–H groups in total. The van der Waals surface area contributed by atoms with Crippen LogP contribution in [-0.2, 0) is 16.0 Å². The first-order valence-corrected chi connectivity index (χ1v) is 12.4. The number of ether oxygens (including phenoxy) is 3. The summed E-state index contributed by atoms with van der Waals surface area (Å²) in [6.07, 6.45) is 1.88. The van der Waals surface area contributed by atoms with Crippen molar-refractivity contribution >= 4 is 23.4 Å². The summed E-state index contributed by atoms with van der Waals surface area (Å²) in [5.41, 5.74) is 2.58. The van der Waals surface area contributed by atoms with Crippen LogP contribution in [-0.4, -0.2) is 87.2 Å². The van der Waals surface area contributed by atoms with E-state index in [4.69, 9.17) is 14.2 Å². The second kappa shape index (κ2) is 10.2. The highest BCUT2D eigenvalue weighted by Gasteiger charge is 2.39. The summed E-state index contributed by atoms with van der Waals surface area (Å²) in [5.74, 6) is 0.743. The van der Waals surface area contributed by atoms with Crippen LogP contribution in [0.3, 0.4) is 0 Å². The number of imide groups is 1. The maximum atomic E-state index is 13.4. The highest BCUT2D eigenvalue weighted by Crippen LogP contribution is 2.33. The maximum absolute atomic E-state index is 13.4. The number of nitrogens with zero attached hydrogens (tertiary/aromatic N) is 3. The SMILES string of the molecule is COc1ccc(CCN2C(=O)c3cccc(N4CCN(C(=O)C5CCCO5)CC4)c3C2=O)cc1OC. The van der Waals surface area contributed by atoms with Gasteiger partial charge in [-0.1, -0.05) is 12.1 Å². The van der Waals surface area contributed by atoms with Crippen LogP contribution in [0, 0.1) is 0 Å². The third-order valence-electron chi connectivity index (χ3n) is 7.19. The van der Waals surface area contributed by atoms with E-state index < -0.39 is 0 Å². The molecule has 9 nitrogen and oxygen atoms in total. The van der Waals surface area contributed by atoms with E-state index >= 15 is 0 Å². The quantitative estimate of drug-likeness (QED) is 0.547. The smallest absolute Gasteiger partial charge is 0.263 e. The van der Waals surface area contributed by atoms with Crippen LogP contribution in [0.15, 0.2) is 36.4 Å². The fraction of sp³-hybridized carbons (Fsp3) is 0.444. The van der Waals surface area contributed by atoms with Crippen molar-refractivity contribution in [2.45, 2.75) is 25.4 Å². The van der Waals surface area contributed by atoms with Gasteiger partial charge >= 0.3 is 0 Å². The van der Waals surface area contributed by atoms with Crippen molar-refractivity contribution in [1.82, 2.24) is 9.80 Å². The van der Waals surface area contributed by atoms with Crippen molar-refractivity contribution in [2.24, 2.45) is 0 Å². The number of carbonyl (C=O) groups is 3. The lowest BCUT2D eigenvalue weighted by molar-refractivity contribution is -0.141. The molecule has 190 valence electrons. The van der Waals surface area contributed by atoms with Crippen molar-refractivity contribution in [3.8, 4) is 11.5 Å². The molecule has 2 aromatic rings. The monoisotopic (exact) mass is 493 g/mol. The molecule has 9 heteroatoms. The van der Waals surface area contributed by atoms with Gasteiger partial charge in [-0.3, -0.25) is 19.3 Å². The zero-order valence-corrected chi connectivity index (χ0v) is 20.7. The molecule has 0 aliphatic carbocycles. The maximum Gasteiger partial charge on any atom is 0.263 e. The summed E-state index contributed by atoms with van der Waals surface area (Å²) >= 11 is 0. The number of methoxy groups -OCH3 is 2. The first-order valence-electron chi connectivity index (χ1n) is 12.4. The second-order valence-corrected chi connectivity index (χ2v) is 9.21. The van der Waals surface area contributed by atoms with Crippen molar-refractivity contribution in [2.75, 3.05) is 58.5 Å². The third kappa shape index (κ3) is 4.39. The minimum absolute atomic E-state index is 0.0537. The highest BCUT2D eigenvalue weighted by atomic mass is 16.5. The van der Waals surface area contributed by atoms with Crippen molar-refractivity contribution in [1.29, 1.82) is 0 Å². The van der Waals surface area contributed by atoms with Crippen LogP contribution >= 0.6 is 0 Å². The molecule has 0 saturated carbocycles. The molecule has 0 aromatic heterocycles. The average molecular weight is 494 g/mol. The minimum atomic E-state index is -0.323. The zero-order valence-electron chi connectivity index (χ0n) is 20.7. The number of hydrogen-bond donors (Lipinski definition) is 0. The number of carbonyl (C=O) groups excluding carboxylic acids is 3. The molecule has 5 rings (SSSR count). The van der Waals surface area contributed by atoms with Gasteiger partial charge in [0.15, 0.2) is 11.5 Å². The number of benzene rings is 2. The molecule has 0 radical (unpaired) electrons. The third-order valence-corrected chi connectivity index (χ3v) is 7.19. The summed E-state index contributed by atoms with van der Waals surface area (Å²) in [6.45, 7) is 3.24. The van der Waals surface area contributed by atoms with E-state index in [-0.39, 0.29) is 30.4 Å². The van der Waals surface area contributed by atoms with Gasteiger partial charge < -0.3 is 24.0 Å². The van der Waals surface area contributed by atoms with Gasteiger partial charge in [-0.15, -0.1) is 0 Å². The van der Waals surface area contributed by atoms with Gasteiger partial charge in [0.05, 0.1) is 31.0 Å². The topological polar surface area (TPSA) is 88.6 Å². The van der Waals surface area contributed by atoms with Crippen molar-refractivity contribution < 1.29 is 28.6 Å². The molecule has 36 heavy (non-hydrogen) atoms. The lowest BCUT2D eigenvalue weighted by Crippen LogP contribution is -2.51. The standard InChI is InChI=1S/C27H31N3O6/c1-34-21-9-8-18(17-23(21)35-2)10-11-30-25(31)19-5-3-6-20(24(19)27(30)33)28-12-14-29(15-13-28)26(32)22-7-4-16-36-22/h3,5-6,8-9,17,22H,4,7,10-16H2,1-2H3. The number of fused-ring (bicyclic) bond motifs is 1. The Morgan fingerprint density at radius 3 is 2.47 bits per heavy atom. The lowest BCUT2D eigenvalue weighted by atomic mass is 10.1. The van der Waals surface area contributed by atoms with Crippen LogP contribution in [0.2, 0.25) is 0 Å². The molecule has 3 aliphatic heterocycles. The molecule has 1 unspecified atom stereocenters. The second-order valence-electron chi connectivity index (χ2n) is 9.21. The minimum Gasteiger partial charge on any atom is -0.493 e. The number of anilines is 1. The molecule has 2 saturated heterocycles. The number of piperazine rings is 1. The van der Waals surface area contributed by atoms with Gasteiger partial charge in [0.2, 0.25) is 0 Å². The Morgan fingerprint density at radius 1 is 1.00 bits per heavy atom. The molecule has 3 amide bonds. The van der Waals surface area contributed by atoms with Gasteiger partial charge in [-0.25, -0.2) is 0 Å². The molecule has 0 bridgehead atoms. The van der Waals surface area contributed by atoms with Gasteiger partial charge in [0.25, 0.3) is 17.7 Å². The number of amides is 3. The Hall–Kier alpha value is -3.59. The van der Waals surface area contributed by atoms with Crippen LogP contribution in [0.1, 0.15) is 39.1 Å². The summed E-state index contributed by atoms with van der Waals surface area (Å²) in [4.78, 5) is 44.5. The fourth-order valence-corrected chi connectivity index (χ4v) is 5.20. The van der Waals surface area contributed by atoms with Crippen molar-refractivity contribution in [3.05, 3.63) is 53.1 Å². The van der Waals surface area contributed by atoms with Gasteiger partial charge in [0.1, 0.15) is 6.10 Å². The average Bonchev–Trinajstić information content (AvgIpc) is 3.54. The molecule has 0 spiro atoms. The predicted molar refractivity (Wildman–Crippen MR) is 133 cm³/mol. The Bertz CT molecular complexity index is 1170. The normalized spacial score (nSPS) is 19.6. The molecular formula is C27H31N3O6. The Kier molecular flexibility index (Phi) is 6.82. The summed E-state index contributed by atoms with van der Waals surface area (Å²) in [7, 11) is 3.15. The number of hydrogen-bond acceptors (Lipinski definition) is 7. The van der Waals surface area contributed by atoms with Gasteiger partial charge in [-0.2, -0.15) is 0 Å². The van der Waals surface area contributed by atoms with E-state index in [0.717, 1.165) is 24.1 Å². The molecule has 2 fully saturated rings. The summed E-state index contributed by atoms with van der Waals surface area (Å²) in [5, 5.41) is 0. The molecule has 1 atom stereocenters. The zero-order chi connectivity index (χ0) is 25.2. The van der Waals surface area contributed by atoms with Crippen LogP contribution in [0.5, 0.6) is 11.5 Å². The van der Waals surface area contributed by atoms with E-state index in [0.29, 0.717) is 61.8 Å². The lowest BCUT2D eigenvalue weighted by Gasteiger charge is -2.37. The van der Waals surface area contributed by atoms with Crippen LogP contribution in [0.4, 0.5) is 5.69 Å². The first kappa shape index (κ1) is 24.1. The van der Waals surface area contributed by atoms with E-state index in [1.165, 1.54) is 4.90 Å². The van der Waals surface area contributed by atoms with E-state index in [2.05, 4.69) is 4.90 Å². The van der Waals surface area contributed by atoms with Crippen LogP contribution < -0.4 is 14.4 Å². The Labute approximate surface area is 210 Å². The molecule has 3 aliphatic rings. The highest BCUT2D eigenvalue weighted by molar-refractivity contribution is 6.23. The Morgan fingerprint density at radius 2 is 1.78 bits per heavy atom. The molecule has 2 aromatic carbocycles. The van der Waals surface area contributed by atoms with Gasteiger partial charge in [0, 0.05) is 39.3 Å². The first-order chi connectivity index (χ1) is 17.5.